The van der Waals surface area contributed by atoms with Crippen molar-refractivity contribution < 1.29 is 14.3 Å². The molecule has 1 N–H and O–H groups in total. The molecular formula is C18H19ClN2O3. The molecule has 0 heterocycles. The fourth-order valence-corrected chi connectivity index (χ4v) is 2.33. The van der Waals surface area contributed by atoms with Crippen LogP contribution < -0.4 is 10.1 Å². The summed E-state index contributed by atoms with van der Waals surface area (Å²) < 4.78 is 5.18. The zero-order chi connectivity index (χ0) is 17.7. The van der Waals surface area contributed by atoms with Gasteiger partial charge in [-0.25, -0.2) is 0 Å². The molecule has 0 fully saturated rings. The van der Waals surface area contributed by atoms with Gasteiger partial charge in [-0.1, -0.05) is 23.7 Å². The van der Waals surface area contributed by atoms with Crippen LogP contribution in [-0.4, -0.2) is 37.9 Å². The van der Waals surface area contributed by atoms with E-state index in [1.54, 1.807) is 44.4 Å². The van der Waals surface area contributed by atoms with Gasteiger partial charge >= 0.3 is 0 Å². The first-order valence-corrected chi connectivity index (χ1v) is 7.72. The molecule has 0 atom stereocenters. The van der Waals surface area contributed by atoms with Gasteiger partial charge in [0, 0.05) is 31.2 Å². The third-order valence-corrected chi connectivity index (χ3v) is 3.70. The Labute approximate surface area is 146 Å². The van der Waals surface area contributed by atoms with E-state index in [1.807, 2.05) is 12.1 Å². The van der Waals surface area contributed by atoms with Gasteiger partial charge in [-0.15, -0.1) is 0 Å². The molecule has 24 heavy (non-hydrogen) atoms. The Bertz CT molecular complexity index is 742. The number of nitrogens with one attached hydrogen (secondary N) is 1. The van der Waals surface area contributed by atoms with Crippen LogP contribution in [0.25, 0.3) is 0 Å². The maximum atomic E-state index is 12.3. The monoisotopic (exact) mass is 346 g/mol. The average Bonchev–Trinajstić information content (AvgIpc) is 2.59. The van der Waals surface area contributed by atoms with Crippen LogP contribution in [-0.2, 0) is 6.54 Å². The van der Waals surface area contributed by atoms with E-state index >= 15 is 0 Å². The molecule has 2 aromatic rings. The molecule has 5 nitrogen and oxygen atoms in total. The first-order valence-electron chi connectivity index (χ1n) is 7.34. The number of halogens is 1. The molecule has 0 aliphatic carbocycles. The van der Waals surface area contributed by atoms with Gasteiger partial charge in [0.2, 0.25) is 0 Å². The molecule has 0 radical (unpaired) electrons. The molecule has 0 saturated heterocycles. The Morgan fingerprint density at radius 1 is 1.12 bits per heavy atom. The van der Waals surface area contributed by atoms with Crippen molar-refractivity contribution in [1.29, 1.82) is 0 Å². The summed E-state index contributed by atoms with van der Waals surface area (Å²) in [5.74, 6) is 0.126. The van der Waals surface area contributed by atoms with E-state index < -0.39 is 0 Å². The molecule has 0 spiro atoms. The van der Waals surface area contributed by atoms with Gasteiger partial charge in [0.05, 0.1) is 12.7 Å². The summed E-state index contributed by atoms with van der Waals surface area (Å²) >= 11 is 5.94. The normalized spacial score (nSPS) is 10.2. The quantitative estimate of drug-likeness (QED) is 0.905. The molecule has 0 aliphatic heterocycles. The molecule has 0 saturated carbocycles. The highest BCUT2D eigenvalue weighted by atomic mass is 35.5. The third kappa shape index (κ3) is 4.26. The molecule has 6 heteroatoms. The van der Waals surface area contributed by atoms with Crippen molar-refractivity contribution in [3.8, 4) is 5.75 Å². The smallest absolute Gasteiger partial charge is 0.255 e. The number of hydrogen-bond acceptors (Lipinski definition) is 3. The Morgan fingerprint density at radius 2 is 1.79 bits per heavy atom. The van der Waals surface area contributed by atoms with Gasteiger partial charge in [-0.2, -0.15) is 0 Å². The van der Waals surface area contributed by atoms with E-state index in [0.717, 1.165) is 5.56 Å². The lowest BCUT2D eigenvalue weighted by Crippen LogP contribution is -2.24. The first-order chi connectivity index (χ1) is 11.4. The van der Waals surface area contributed by atoms with Crippen LogP contribution in [0.3, 0.4) is 0 Å². The minimum atomic E-state index is -0.275. The van der Waals surface area contributed by atoms with E-state index in [1.165, 1.54) is 12.0 Å². The molecule has 2 aromatic carbocycles. The van der Waals surface area contributed by atoms with Crippen LogP contribution in [0.2, 0.25) is 5.02 Å². The Morgan fingerprint density at radius 3 is 2.38 bits per heavy atom. The number of nitrogens with zero attached hydrogens (tertiary/aromatic N) is 1. The number of hydrogen-bond donors (Lipinski definition) is 1. The van der Waals surface area contributed by atoms with E-state index in [-0.39, 0.29) is 11.8 Å². The van der Waals surface area contributed by atoms with Crippen LogP contribution in [0.5, 0.6) is 5.75 Å². The van der Waals surface area contributed by atoms with Gasteiger partial charge in [0.25, 0.3) is 11.8 Å². The minimum absolute atomic E-state index is 0.0609. The molecule has 0 bridgehead atoms. The number of carbonyl (C=O) groups excluding carboxylic acids is 2. The highest BCUT2D eigenvalue weighted by Crippen LogP contribution is 2.22. The molecule has 126 valence electrons. The summed E-state index contributed by atoms with van der Waals surface area (Å²) in [6.07, 6.45) is 0. The standard InChI is InChI=1S/C18H19ClN2O3/c1-21(2)18(23)13-6-4-12(5-7-13)11-20-17(22)15-10-14(19)8-9-16(15)24-3/h4-10H,11H2,1-3H3,(H,20,22). The number of methoxy groups -OCH3 is 1. The highest BCUT2D eigenvalue weighted by Gasteiger charge is 2.13. The lowest BCUT2D eigenvalue weighted by atomic mass is 10.1. The van der Waals surface area contributed by atoms with Gasteiger partial charge in [0.1, 0.15) is 5.75 Å². The average molecular weight is 347 g/mol. The minimum Gasteiger partial charge on any atom is -0.496 e. The summed E-state index contributed by atoms with van der Waals surface area (Å²) in [5.41, 5.74) is 1.87. The Balaban J connectivity index is 2.04. The van der Waals surface area contributed by atoms with Crippen molar-refractivity contribution in [3.05, 3.63) is 64.2 Å². The second-order valence-corrected chi connectivity index (χ2v) is 5.86. The topological polar surface area (TPSA) is 58.6 Å². The summed E-state index contributed by atoms with van der Waals surface area (Å²) in [7, 11) is 4.91. The maximum Gasteiger partial charge on any atom is 0.255 e. The van der Waals surface area contributed by atoms with Crippen molar-refractivity contribution in [3.63, 3.8) is 0 Å². The van der Waals surface area contributed by atoms with E-state index in [4.69, 9.17) is 16.3 Å². The second kappa shape index (κ2) is 7.84. The van der Waals surface area contributed by atoms with Crippen LogP contribution in [0.15, 0.2) is 42.5 Å². The van der Waals surface area contributed by atoms with Gasteiger partial charge in [-0.3, -0.25) is 9.59 Å². The lowest BCUT2D eigenvalue weighted by molar-refractivity contribution is 0.0827. The van der Waals surface area contributed by atoms with E-state index in [0.29, 0.717) is 28.4 Å². The highest BCUT2D eigenvalue weighted by molar-refractivity contribution is 6.31. The molecular weight excluding hydrogens is 328 g/mol. The number of ether oxygens (including phenoxy) is 1. The first kappa shape index (κ1) is 17.8. The zero-order valence-corrected chi connectivity index (χ0v) is 14.6. The predicted octanol–water partition coefficient (Wildman–Crippen LogP) is 2.98. The van der Waals surface area contributed by atoms with Crippen LogP contribution in [0.4, 0.5) is 0 Å². The zero-order valence-electron chi connectivity index (χ0n) is 13.8. The van der Waals surface area contributed by atoms with Crippen LogP contribution >= 0.6 is 11.6 Å². The molecule has 0 unspecified atom stereocenters. The van der Waals surface area contributed by atoms with Crippen molar-refractivity contribution >= 4 is 23.4 Å². The third-order valence-electron chi connectivity index (χ3n) is 3.47. The van der Waals surface area contributed by atoms with E-state index in [2.05, 4.69) is 5.32 Å². The van der Waals surface area contributed by atoms with Crippen LogP contribution in [0.1, 0.15) is 26.3 Å². The van der Waals surface area contributed by atoms with Crippen molar-refractivity contribution in [2.45, 2.75) is 6.54 Å². The van der Waals surface area contributed by atoms with Crippen molar-refractivity contribution in [2.24, 2.45) is 0 Å². The molecule has 0 aliphatic rings. The molecule has 2 amide bonds. The molecule has 0 aromatic heterocycles. The fourth-order valence-electron chi connectivity index (χ4n) is 2.16. The lowest BCUT2D eigenvalue weighted by Gasteiger charge is -2.12. The number of carbonyl (C=O) groups is 2. The Kier molecular flexibility index (Phi) is 5.82. The SMILES string of the molecule is COc1ccc(Cl)cc1C(=O)NCc1ccc(C(=O)N(C)C)cc1. The van der Waals surface area contributed by atoms with Gasteiger partial charge in [0.15, 0.2) is 0 Å². The summed E-state index contributed by atoms with van der Waals surface area (Å²) in [6.45, 7) is 0.338. The fraction of sp³-hybridized carbons (Fsp3) is 0.222. The van der Waals surface area contributed by atoms with Crippen molar-refractivity contribution in [2.75, 3.05) is 21.2 Å². The number of benzene rings is 2. The van der Waals surface area contributed by atoms with Gasteiger partial charge < -0.3 is 15.0 Å². The largest absolute Gasteiger partial charge is 0.496 e. The Hall–Kier alpha value is -2.53. The second-order valence-electron chi connectivity index (χ2n) is 5.42. The number of amides is 2. The summed E-state index contributed by atoms with van der Waals surface area (Å²) in [5, 5.41) is 3.28. The maximum absolute atomic E-state index is 12.3. The molecule has 2 rings (SSSR count). The van der Waals surface area contributed by atoms with Gasteiger partial charge in [-0.05, 0) is 35.9 Å². The van der Waals surface area contributed by atoms with Crippen LogP contribution in [0, 0.1) is 0 Å². The number of rotatable bonds is 5. The summed E-state index contributed by atoms with van der Waals surface area (Å²) in [6, 6.07) is 12.0. The van der Waals surface area contributed by atoms with E-state index in [9.17, 15) is 9.59 Å². The summed E-state index contributed by atoms with van der Waals surface area (Å²) in [4.78, 5) is 25.7. The predicted molar refractivity (Wildman–Crippen MR) is 93.6 cm³/mol. The van der Waals surface area contributed by atoms with Crippen molar-refractivity contribution in [1.82, 2.24) is 10.2 Å².